The van der Waals surface area contributed by atoms with E-state index in [-0.39, 0.29) is 6.03 Å². The number of carbonyl (C=O) groups is 1. The molecular weight excluding hydrogens is 330 g/mol. The van der Waals surface area contributed by atoms with Crippen molar-refractivity contribution in [3.05, 3.63) is 23.8 Å². The summed E-state index contributed by atoms with van der Waals surface area (Å²) in [6.45, 7) is 6.99. The van der Waals surface area contributed by atoms with Gasteiger partial charge in [0.1, 0.15) is 12.4 Å². The summed E-state index contributed by atoms with van der Waals surface area (Å²) >= 11 is 0. The van der Waals surface area contributed by atoms with Gasteiger partial charge in [0.15, 0.2) is 0 Å². The van der Waals surface area contributed by atoms with Crippen molar-refractivity contribution < 1.29 is 14.3 Å². The Morgan fingerprint density at radius 2 is 2.00 bits per heavy atom. The summed E-state index contributed by atoms with van der Waals surface area (Å²) in [6, 6.07) is 6.33. The first kappa shape index (κ1) is 19.0. The molecule has 2 amide bonds. The minimum Gasteiger partial charge on any atom is -0.489 e. The molecule has 2 aliphatic rings. The molecule has 2 heterocycles. The van der Waals surface area contributed by atoms with E-state index >= 15 is 0 Å². The standard InChI is InChI=1S/C20H31N3O3/c1-16-7-8-18(19(14-16)26-13-12-25-2)21-20(24)23-11-5-6-17(15-23)22-9-3-4-10-22/h7-8,14,17H,3-6,9-13,15H2,1-2H3,(H,21,24). The van der Waals surface area contributed by atoms with Crippen LogP contribution in [0.5, 0.6) is 5.75 Å². The van der Waals surface area contributed by atoms with Gasteiger partial charge in [-0.05, 0) is 63.4 Å². The Balaban J connectivity index is 1.61. The van der Waals surface area contributed by atoms with Crippen molar-refractivity contribution in [1.29, 1.82) is 0 Å². The van der Waals surface area contributed by atoms with Gasteiger partial charge >= 0.3 is 6.03 Å². The highest BCUT2D eigenvalue weighted by Crippen LogP contribution is 2.27. The number of amides is 2. The molecule has 0 aromatic heterocycles. The van der Waals surface area contributed by atoms with Gasteiger partial charge in [-0.3, -0.25) is 4.90 Å². The van der Waals surface area contributed by atoms with E-state index in [4.69, 9.17) is 9.47 Å². The Morgan fingerprint density at radius 3 is 2.77 bits per heavy atom. The van der Waals surface area contributed by atoms with Crippen molar-refractivity contribution in [1.82, 2.24) is 9.80 Å². The number of methoxy groups -OCH3 is 1. The van der Waals surface area contributed by atoms with Crippen molar-refractivity contribution in [3.63, 3.8) is 0 Å². The highest BCUT2D eigenvalue weighted by atomic mass is 16.5. The number of rotatable bonds is 6. The molecule has 0 radical (unpaired) electrons. The number of hydrogen-bond donors (Lipinski definition) is 1. The number of hydrogen-bond acceptors (Lipinski definition) is 4. The summed E-state index contributed by atoms with van der Waals surface area (Å²) in [7, 11) is 1.65. The van der Waals surface area contributed by atoms with Gasteiger partial charge in [-0.15, -0.1) is 0 Å². The van der Waals surface area contributed by atoms with Gasteiger partial charge in [0.2, 0.25) is 0 Å². The van der Waals surface area contributed by atoms with E-state index in [2.05, 4.69) is 10.2 Å². The van der Waals surface area contributed by atoms with E-state index in [1.54, 1.807) is 7.11 Å². The molecule has 1 aromatic carbocycles. The number of anilines is 1. The SMILES string of the molecule is COCCOc1cc(C)ccc1NC(=O)N1CCCC(N2CCCC2)C1. The Kier molecular flexibility index (Phi) is 6.74. The molecule has 6 heteroatoms. The molecule has 1 N–H and O–H groups in total. The first-order valence-electron chi connectivity index (χ1n) is 9.70. The summed E-state index contributed by atoms with van der Waals surface area (Å²) in [6.07, 6.45) is 4.84. The molecule has 2 fully saturated rings. The summed E-state index contributed by atoms with van der Waals surface area (Å²) in [4.78, 5) is 17.3. The van der Waals surface area contributed by atoms with Gasteiger partial charge in [0, 0.05) is 26.2 Å². The number of piperidine rings is 1. The summed E-state index contributed by atoms with van der Waals surface area (Å²) in [5.41, 5.74) is 1.82. The van der Waals surface area contributed by atoms with Gasteiger partial charge in [0.25, 0.3) is 0 Å². The number of carbonyl (C=O) groups excluding carboxylic acids is 1. The van der Waals surface area contributed by atoms with Gasteiger partial charge < -0.3 is 19.7 Å². The topological polar surface area (TPSA) is 54.0 Å². The second-order valence-electron chi connectivity index (χ2n) is 7.26. The lowest BCUT2D eigenvalue weighted by molar-refractivity contribution is 0.131. The zero-order valence-electron chi connectivity index (χ0n) is 16.0. The average Bonchev–Trinajstić information content (AvgIpc) is 3.19. The molecule has 2 saturated heterocycles. The van der Waals surface area contributed by atoms with Gasteiger partial charge in [-0.1, -0.05) is 6.07 Å². The van der Waals surface area contributed by atoms with Crippen molar-refractivity contribution in [2.24, 2.45) is 0 Å². The molecule has 26 heavy (non-hydrogen) atoms. The van der Waals surface area contributed by atoms with Crippen LogP contribution in [0, 0.1) is 6.92 Å². The minimum absolute atomic E-state index is 0.0330. The predicted octanol–water partition coefficient (Wildman–Crippen LogP) is 3.11. The van der Waals surface area contributed by atoms with Crippen LogP contribution in [0.15, 0.2) is 18.2 Å². The molecule has 0 saturated carbocycles. The number of benzene rings is 1. The van der Waals surface area contributed by atoms with Crippen LogP contribution < -0.4 is 10.1 Å². The molecule has 144 valence electrons. The van der Waals surface area contributed by atoms with Crippen LogP contribution in [0.25, 0.3) is 0 Å². The fourth-order valence-corrected chi connectivity index (χ4v) is 3.83. The third-order valence-corrected chi connectivity index (χ3v) is 5.26. The van der Waals surface area contributed by atoms with Gasteiger partial charge in [-0.25, -0.2) is 4.79 Å². The number of nitrogens with one attached hydrogen (secondary N) is 1. The largest absolute Gasteiger partial charge is 0.489 e. The van der Waals surface area contributed by atoms with E-state index in [1.165, 1.54) is 32.4 Å². The van der Waals surface area contributed by atoms with E-state index < -0.39 is 0 Å². The van der Waals surface area contributed by atoms with Gasteiger partial charge in [-0.2, -0.15) is 0 Å². The Morgan fingerprint density at radius 1 is 1.19 bits per heavy atom. The second kappa shape index (κ2) is 9.24. The van der Waals surface area contributed by atoms with E-state index in [0.717, 1.165) is 30.8 Å². The maximum absolute atomic E-state index is 12.8. The fourth-order valence-electron chi connectivity index (χ4n) is 3.83. The second-order valence-corrected chi connectivity index (χ2v) is 7.26. The molecule has 1 unspecified atom stereocenters. The van der Waals surface area contributed by atoms with Crippen LogP contribution in [0.3, 0.4) is 0 Å². The minimum atomic E-state index is -0.0330. The molecule has 1 aromatic rings. The molecule has 2 aliphatic heterocycles. The van der Waals surface area contributed by atoms with Crippen LogP contribution in [-0.2, 0) is 4.74 Å². The quantitative estimate of drug-likeness (QED) is 0.791. The zero-order chi connectivity index (χ0) is 18.4. The molecule has 1 atom stereocenters. The monoisotopic (exact) mass is 361 g/mol. The van der Waals surface area contributed by atoms with Crippen LogP contribution >= 0.6 is 0 Å². The molecule has 6 nitrogen and oxygen atoms in total. The Hall–Kier alpha value is -1.79. The normalized spacial score (nSPS) is 21.0. The third kappa shape index (κ3) is 4.89. The zero-order valence-corrected chi connectivity index (χ0v) is 16.0. The van der Waals surface area contributed by atoms with E-state index in [9.17, 15) is 4.79 Å². The molecule has 0 spiro atoms. The maximum atomic E-state index is 12.8. The smallest absolute Gasteiger partial charge is 0.322 e. The van der Waals surface area contributed by atoms with Crippen molar-refractivity contribution in [2.45, 2.75) is 38.6 Å². The van der Waals surface area contributed by atoms with E-state index in [1.807, 2.05) is 30.0 Å². The highest BCUT2D eigenvalue weighted by molar-refractivity contribution is 5.91. The van der Waals surface area contributed by atoms with Crippen molar-refractivity contribution in [2.75, 3.05) is 51.8 Å². The summed E-state index contributed by atoms with van der Waals surface area (Å²) < 4.78 is 10.8. The first-order valence-corrected chi connectivity index (χ1v) is 9.70. The lowest BCUT2D eigenvalue weighted by Gasteiger charge is -2.37. The predicted molar refractivity (Wildman–Crippen MR) is 103 cm³/mol. The maximum Gasteiger partial charge on any atom is 0.322 e. The first-order chi connectivity index (χ1) is 12.7. The summed E-state index contributed by atoms with van der Waals surface area (Å²) in [5, 5.41) is 3.05. The highest BCUT2D eigenvalue weighted by Gasteiger charge is 2.29. The molecular formula is C20H31N3O3. The van der Waals surface area contributed by atoms with Crippen LogP contribution in [-0.4, -0.2) is 68.4 Å². The van der Waals surface area contributed by atoms with E-state index in [0.29, 0.717) is 25.0 Å². The van der Waals surface area contributed by atoms with Gasteiger partial charge in [0.05, 0.1) is 12.3 Å². The molecule has 0 bridgehead atoms. The fraction of sp³-hybridized carbons (Fsp3) is 0.650. The van der Waals surface area contributed by atoms with Crippen molar-refractivity contribution in [3.8, 4) is 5.75 Å². The Labute approximate surface area is 156 Å². The van der Waals surface area contributed by atoms with Crippen LogP contribution in [0.1, 0.15) is 31.2 Å². The van der Waals surface area contributed by atoms with Crippen LogP contribution in [0.4, 0.5) is 10.5 Å². The van der Waals surface area contributed by atoms with Crippen LogP contribution in [0.2, 0.25) is 0 Å². The number of aryl methyl sites for hydroxylation is 1. The summed E-state index contributed by atoms with van der Waals surface area (Å²) in [5.74, 6) is 0.698. The van der Waals surface area contributed by atoms with Crippen molar-refractivity contribution >= 4 is 11.7 Å². The number of urea groups is 1. The lowest BCUT2D eigenvalue weighted by atomic mass is 10.0. The Bertz CT molecular complexity index is 602. The average molecular weight is 361 g/mol. The third-order valence-electron chi connectivity index (χ3n) is 5.26. The molecule has 3 rings (SSSR count). The molecule has 0 aliphatic carbocycles. The number of nitrogens with zero attached hydrogens (tertiary/aromatic N) is 2. The lowest BCUT2D eigenvalue weighted by Crippen LogP contribution is -2.50. The number of ether oxygens (including phenoxy) is 2. The number of likely N-dealkylation sites (tertiary alicyclic amines) is 2.